The van der Waals surface area contributed by atoms with E-state index in [9.17, 15) is 27.2 Å². The third-order valence-corrected chi connectivity index (χ3v) is 4.05. The van der Waals surface area contributed by atoms with Crippen LogP contribution in [0.5, 0.6) is 0 Å². The van der Waals surface area contributed by atoms with Crippen molar-refractivity contribution in [2.75, 3.05) is 0 Å². The van der Waals surface area contributed by atoms with Crippen LogP contribution in [0.2, 0.25) is 0 Å². The van der Waals surface area contributed by atoms with Crippen LogP contribution in [0.3, 0.4) is 0 Å². The second kappa shape index (κ2) is 5.55. The maximum atomic E-state index is 14.1. The van der Waals surface area contributed by atoms with Gasteiger partial charge in [0.1, 0.15) is 23.3 Å². The summed E-state index contributed by atoms with van der Waals surface area (Å²) in [4.78, 5) is 24.7. The normalized spacial score (nSPS) is 16.2. The second-order valence-electron chi connectivity index (χ2n) is 5.66. The SMILES string of the molecule is O=C1NC(c2c(F)cc(F)cc2F)=C2C(=O)NC(c3cccc(F)c3)=C12. The summed E-state index contributed by atoms with van der Waals surface area (Å²) in [7, 11) is 0. The molecule has 2 aromatic rings. The molecule has 2 heterocycles. The molecular weight excluding hydrogens is 352 g/mol. The van der Waals surface area contributed by atoms with Gasteiger partial charge in [-0.25, -0.2) is 17.6 Å². The summed E-state index contributed by atoms with van der Waals surface area (Å²) >= 11 is 0. The standard InChI is InChI=1S/C18H8F4N2O2/c19-8-3-1-2-7(4-8)15-13-14(18(26)23-15)16(24-17(13)25)12-10(21)5-9(20)6-11(12)22/h1-6H,(H,23,26)(H,24,25). The number of carbonyl (C=O) groups is 2. The molecule has 4 nitrogen and oxygen atoms in total. The summed E-state index contributed by atoms with van der Waals surface area (Å²) in [6.45, 7) is 0. The minimum absolute atomic E-state index is 0.0277. The van der Waals surface area contributed by atoms with Gasteiger partial charge in [-0.05, 0) is 12.1 Å². The zero-order valence-electron chi connectivity index (χ0n) is 12.8. The van der Waals surface area contributed by atoms with Gasteiger partial charge in [0.05, 0.1) is 28.1 Å². The lowest BCUT2D eigenvalue weighted by Gasteiger charge is -2.09. The molecule has 0 unspecified atom stereocenters. The monoisotopic (exact) mass is 360 g/mol. The largest absolute Gasteiger partial charge is 0.321 e. The van der Waals surface area contributed by atoms with Crippen LogP contribution in [0, 0.1) is 23.3 Å². The van der Waals surface area contributed by atoms with Crippen LogP contribution in [0.4, 0.5) is 17.6 Å². The predicted molar refractivity (Wildman–Crippen MR) is 82.8 cm³/mol. The molecule has 2 N–H and O–H groups in total. The van der Waals surface area contributed by atoms with Crippen LogP contribution in [0.1, 0.15) is 11.1 Å². The van der Waals surface area contributed by atoms with E-state index in [4.69, 9.17) is 0 Å². The molecule has 2 aromatic carbocycles. The summed E-state index contributed by atoms with van der Waals surface area (Å²) in [5.41, 5.74) is -1.30. The molecule has 0 fully saturated rings. The number of hydrogen-bond acceptors (Lipinski definition) is 2. The molecule has 26 heavy (non-hydrogen) atoms. The third kappa shape index (κ3) is 2.30. The van der Waals surface area contributed by atoms with Gasteiger partial charge >= 0.3 is 0 Å². The van der Waals surface area contributed by atoms with Crippen molar-refractivity contribution in [1.82, 2.24) is 10.6 Å². The Bertz CT molecular complexity index is 1050. The zero-order valence-corrected chi connectivity index (χ0v) is 12.8. The van der Waals surface area contributed by atoms with Crippen molar-refractivity contribution in [2.45, 2.75) is 0 Å². The first-order valence-corrected chi connectivity index (χ1v) is 7.39. The number of hydrogen-bond donors (Lipinski definition) is 2. The van der Waals surface area contributed by atoms with Crippen molar-refractivity contribution in [2.24, 2.45) is 0 Å². The average molecular weight is 360 g/mol. The van der Waals surface area contributed by atoms with E-state index in [0.717, 1.165) is 6.07 Å². The molecule has 0 saturated heterocycles. The molecule has 0 atom stereocenters. The van der Waals surface area contributed by atoms with Crippen LogP contribution in [0.25, 0.3) is 11.4 Å². The molecule has 0 radical (unpaired) electrons. The van der Waals surface area contributed by atoms with Crippen LogP contribution in [-0.2, 0) is 9.59 Å². The number of halogens is 4. The molecule has 0 aliphatic carbocycles. The first-order chi connectivity index (χ1) is 12.4. The van der Waals surface area contributed by atoms with E-state index in [-0.39, 0.29) is 22.4 Å². The topological polar surface area (TPSA) is 58.2 Å². The molecule has 0 spiro atoms. The van der Waals surface area contributed by atoms with Crippen molar-refractivity contribution < 1.29 is 27.2 Å². The fraction of sp³-hybridized carbons (Fsp3) is 0. The zero-order chi connectivity index (χ0) is 18.6. The van der Waals surface area contributed by atoms with Crippen LogP contribution in [0.15, 0.2) is 47.5 Å². The Morgan fingerprint density at radius 3 is 1.88 bits per heavy atom. The van der Waals surface area contributed by atoms with Gasteiger partial charge in [0.15, 0.2) is 0 Å². The van der Waals surface area contributed by atoms with Gasteiger partial charge in [0.2, 0.25) is 0 Å². The van der Waals surface area contributed by atoms with E-state index in [1.54, 1.807) is 0 Å². The number of carbonyl (C=O) groups excluding carboxylic acids is 2. The predicted octanol–water partition coefficient (Wildman–Crippen LogP) is 2.63. The van der Waals surface area contributed by atoms with Gasteiger partial charge in [0, 0.05) is 17.7 Å². The Hall–Kier alpha value is -3.42. The summed E-state index contributed by atoms with van der Waals surface area (Å²) in [5.74, 6) is -5.81. The number of amides is 2. The summed E-state index contributed by atoms with van der Waals surface area (Å²) in [6.07, 6.45) is 0. The molecule has 130 valence electrons. The van der Waals surface area contributed by atoms with E-state index < -0.39 is 46.3 Å². The minimum Gasteiger partial charge on any atom is -0.321 e. The Morgan fingerprint density at radius 1 is 0.692 bits per heavy atom. The molecule has 2 aliphatic rings. The molecule has 8 heteroatoms. The number of nitrogens with one attached hydrogen (secondary N) is 2. The molecule has 4 rings (SSSR count). The molecular formula is C18H8F4N2O2. The van der Waals surface area contributed by atoms with Gasteiger partial charge in [-0.2, -0.15) is 0 Å². The van der Waals surface area contributed by atoms with Gasteiger partial charge in [-0.3, -0.25) is 9.59 Å². The first-order valence-electron chi connectivity index (χ1n) is 7.39. The lowest BCUT2D eigenvalue weighted by Crippen LogP contribution is -2.22. The second-order valence-corrected chi connectivity index (χ2v) is 5.66. The maximum Gasteiger partial charge on any atom is 0.258 e. The highest BCUT2D eigenvalue weighted by atomic mass is 19.1. The van der Waals surface area contributed by atoms with Crippen molar-refractivity contribution >= 4 is 23.2 Å². The molecule has 0 bridgehead atoms. The van der Waals surface area contributed by atoms with Crippen molar-refractivity contribution in [1.29, 1.82) is 0 Å². The van der Waals surface area contributed by atoms with Crippen LogP contribution in [-0.4, -0.2) is 11.8 Å². The minimum atomic E-state index is -1.27. The quantitative estimate of drug-likeness (QED) is 0.809. The van der Waals surface area contributed by atoms with Crippen molar-refractivity contribution in [3.63, 3.8) is 0 Å². The smallest absolute Gasteiger partial charge is 0.258 e. The van der Waals surface area contributed by atoms with Gasteiger partial charge < -0.3 is 10.6 Å². The van der Waals surface area contributed by atoms with E-state index in [1.165, 1.54) is 18.2 Å². The highest BCUT2D eigenvalue weighted by Gasteiger charge is 2.42. The molecule has 2 aliphatic heterocycles. The molecule has 0 saturated carbocycles. The van der Waals surface area contributed by atoms with Gasteiger partial charge in [-0.1, -0.05) is 12.1 Å². The number of benzene rings is 2. The van der Waals surface area contributed by atoms with Crippen molar-refractivity contribution in [3.8, 4) is 0 Å². The Labute approximate surface area is 143 Å². The Morgan fingerprint density at radius 2 is 1.27 bits per heavy atom. The molecule has 0 aromatic heterocycles. The Balaban J connectivity index is 1.96. The summed E-state index contributed by atoms with van der Waals surface area (Å²) in [5, 5.41) is 4.66. The van der Waals surface area contributed by atoms with Gasteiger partial charge in [-0.15, -0.1) is 0 Å². The first kappa shape index (κ1) is 16.1. The maximum absolute atomic E-state index is 14.1. The number of rotatable bonds is 2. The van der Waals surface area contributed by atoms with E-state index in [1.807, 2.05) is 0 Å². The van der Waals surface area contributed by atoms with Crippen LogP contribution < -0.4 is 10.6 Å². The van der Waals surface area contributed by atoms with Gasteiger partial charge in [0.25, 0.3) is 11.8 Å². The lowest BCUT2D eigenvalue weighted by atomic mass is 10.0. The number of fused-ring (bicyclic) bond motifs is 1. The summed E-state index contributed by atoms with van der Waals surface area (Å²) < 4.78 is 54.8. The Kier molecular flexibility index (Phi) is 3.43. The highest BCUT2D eigenvalue weighted by molar-refractivity contribution is 6.30. The fourth-order valence-corrected chi connectivity index (χ4v) is 3.01. The molecule has 2 amide bonds. The highest BCUT2D eigenvalue weighted by Crippen LogP contribution is 2.38. The average Bonchev–Trinajstić information content (AvgIpc) is 3.06. The summed E-state index contributed by atoms with van der Waals surface area (Å²) in [6, 6.07) is 6.04. The van der Waals surface area contributed by atoms with E-state index in [0.29, 0.717) is 12.1 Å². The van der Waals surface area contributed by atoms with Crippen LogP contribution >= 0.6 is 0 Å². The fourth-order valence-electron chi connectivity index (χ4n) is 3.01. The third-order valence-electron chi connectivity index (χ3n) is 4.05. The van der Waals surface area contributed by atoms with E-state index >= 15 is 0 Å². The van der Waals surface area contributed by atoms with Crippen molar-refractivity contribution in [3.05, 3.63) is 81.9 Å². The lowest BCUT2D eigenvalue weighted by molar-refractivity contribution is -0.117. The van der Waals surface area contributed by atoms with E-state index in [2.05, 4.69) is 10.6 Å².